The van der Waals surface area contributed by atoms with Crippen molar-refractivity contribution in [2.24, 2.45) is 5.92 Å². The molecule has 1 N–H and O–H groups in total. The van der Waals surface area contributed by atoms with Gasteiger partial charge in [-0.1, -0.05) is 13.3 Å². The molecule has 0 saturated heterocycles. The third kappa shape index (κ3) is 3.06. The molecule has 0 atom stereocenters. The maximum atomic E-state index is 13.3. The third-order valence-corrected chi connectivity index (χ3v) is 5.92. The molecule has 1 heterocycles. The largest absolute Gasteiger partial charge is 0.331 e. The van der Waals surface area contributed by atoms with Gasteiger partial charge in [-0.2, -0.15) is 5.10 Å². The van der Waals surface area contributed by atoms with Crippen molar-refractivity contribution in [2.75, 3.05) is 0 Å². The van der Waals surface area contributed by atoms with Gasteiger partial charge in [-0.15, -0.1) is 0 Å². The van der Waals surface area contributed by atoms with Crippen LogP contribution in [0.25, 0.3) is 10.9 Å². The molecule has 138 valence electrons. The summed E-state index contributed by atoms with van der Waals surface area (Å²) in [6, 6.07) is 5.06. The van der Waals surface area contributed by atoms with Gasteiger partial charge in [0.2, 0.25) is 0 Å². The van der Waals surface area contributed by atoms with E-state index < -0.39 is 4.92 Å². The normalized spacial score (nSPS) is 23.1. The highest BCUT2D eigenvalue weighted by Crippen LogP contribution is 2.37. The highest BCUT2D eigenvalue weighted by Gasteiger charge is 2.40. The minimum Gasteiger partial charge on any atom is -0.331 e. The van der Waals surface area contributed by atoms with Gasteiger partial charge in [0.15, 0.2) is 5.69 Å². The first-order valence-electron chi connectivity index (χ1n) is 9.53. The summed E-state index contributed by atoms with van der Waals surface area (Å²) in [5, 5.41) is 18.7. The molecule has 2 fully saturated rings. The molecule has 4 rings (SSSR count). The molecule has 0 bridgehead atoms. The quantitative estimate of drug-likeness (QED) is 0.646. The fourth-order valence-corrected chi connectivity index (χ4v) is 4.21. The Morgan fingerprint density at radius 2 is 1.88 bits per heavy atom. The number of benzene rings is 1. The minimum atomic E-state index is -0.439. The van der Waals surface area contributed by atoms with Crippen molar-refractivity contribution < 1.29 is 9.72 Å². The number of aromatic nitrogens is 2. The monoisotopic (exact) mass is 356 g/mol. The summed E-state index contributed by atoms with van der Waals surface area (Å²) in [6.07, 6.45) is 7.73. The summed E-state index contributed by atoms with van der Waals surface area (Å²) < 4.78 is 0. The minimum absolute atomic E-state index is 0.0191. The highest BCUT2D eigenvalue weighted by atomic mass is 16.6. The fraction of sp³-hybridized carbons (Fsp3) is 0.579. The number of hydrogen-bond donors (Lipinski definition) is 1. The molecule has 0 aliphatic heterocycles. The molecule has 1 aromatic heterocycles. The zero-order valence-electron chi connectivity index (χ0n) is 15.0. The molecule has 7 nitrogen and oxygen atoms in total. The van der Waals surface area contributed by atoms with Crippen molar-refractivity contribution in [1.82, 2.24) is 15.1 Å². The van der Waals surface area contributed by atoms with E-state index in [9.17, 15) is 14.9 Å². The van der Waals surface area contributed by atoms with Crippen molar-refractivity contribution in [3.63, 3.8) is 0 Å². The maximum Gasteiger partial charge on any atom is 0.275 e. The Morgan fingerprint density at radius 3 is 2.46 bits per heavy atom. The standard InChI is InChI=1S/C19H24N4O3/c1-2-12-3-5-13(6-4-12)22(14-7-8-14)19(24)18-16-11-15(23(25)26)9-10-17(16)20-21-18/h9-14H,2-8H2,1H3,(H,20,21). The molecule has 0 unspecified atom stereocenters. The SMILES string of the molecule is CCC1CCC(N(C(=O)c2n[nH]c3ccc([N+](=O)[O-])cc23)C2CC2)CC1. The number of nitro groups is 1. The fourth-order valence-electron chi connectivity index (χ4n) is 4.21. The lowest BCUT2D eigenvalue weighted by Crippen LogP contribution is -2.44. The van der Waals surface area contributed by atoms with Gasteiger partial charge in [0.25, 0.3) is 11.6 Å². The number of non-ortho nitro benzene ring substituents is 1. The number of carbonyl (C=O) groups excluding carboxylic acids is 1. The lowest BCUT2D eigenvalue weighted by atomic mass is 9.83. The lowest BCUT2D eigenvalue weighted by Gasteiger charge is -2.36. The van der Waals surface area contributed by atoms with Crippen LogP contribution in [0.2, 0.25) is 0 Å². The van der Waals surface area contributed by atoms with Gasteiger partial charge in [0.05, 0.1) is 10.4 Å². The Bertz CT molecular complexity index is 834. The average molecular weight is 356 g/mol. The molecule has 1 aromatic carbocycles. The number of nitrogens with one attached hydrogen (secondary N) is 1. The number of aromatic amines is 1. The van der Waals surface area contributed by atoms with E-state index in [0.29, 0.717) is 22.6 Å². The summed E-state index contributed by atoms with van der Waals surface area (Å²) in [6.45, 7) is 2.23. The van der Waals surface area contributed by atoms with Crippen LogP contribution >= 0.6 is 0 Å². The second kappa shape index (κ2) is 6.70. The maximum absolute atomic E-state index is 13.3. The second-order valence-corrected chi connectivity index (χ2v) is 7.59. The summed E-state index contributed by atoms with van der Waals surface area (Å²) in [5.41, 5.74) is 0.951. The molecule has 7 heteroatoms. The van der Waals surface area contributed by atoms with E-state index in [-0.39, 0.29) is 17.6 Å². The molecule has 2 aliphatic carbocycles. The third-order valence-electron chi connectivity index (χ3n) is 5.92. The van der Waals surface area contributed by atoms with E-state index in [1.54, 1.807) is 6.07 Å². The van der Waals surface area contributed by atoms with Gasteiger partial charge in [-0.3, -0.25) is 20.0 Å². The number of nitro benzene ring substituents is 1. The van der Waals surface area contributed by atoms with E-state index in [4.69, 9.17) is 0 Å². The molecule has 0 radical (unpaired) electrons. The first-order chi connectivity index (χ1) is 12.6. The number of rotatable bonds is 5. The smallest absolute Gasteiger partial charge is 0.275 e. The molecular weight excluding hydrogens is 332 g/mol. The summed E-state index contributed by atoms with van der Waals surface area (Å²) >= 11 is 0. The molecular formula is C19H24N4O3. The van der Waals surface area contributed by atoms with Crippen LogP contribution in [0.3, 0.4) is 0 Å². The molecule has 2 aromatic rings. The summed E-state index contributed by atoms with van der Waals surface area (Å²) in [7, 11) is 0. The number of hydrogen-bond acceptors (Lipinski definition) is 4. The van der Waals surface area contributed by atoms with Crippen LogP contribution < -0.4 is 0 Å². The zero-order chi connectivity index (χ0) is 18.3. The van der Waals surface area contributed by atoms with Gasteiger partial charge >= 0.3 is 0 Å². The lowest BCUT2D eigenvalue weighted by molar-refractivity contribution is -0.384. The Morgan fingerprint density at radius 1 is 1.23 bits per heavy atom. The van der Waals surface area contributed by atoms with Crippen molar-refractivity contribution in [1.29, 1.82) is 0 Å². The Labute approximate surface area is 151 Å². The van der Waals surface area contributed by atoms with Crippen LogP contribution in [0, 0.1) is 16.0 Å². The molecule has 1 amide bonds. The number of carbonyl (C=O) groups is 1. The average Bonchev–Trinajstić information content (AvgIpc) is 3.39. The molecule has 0 spiro atoms. The van der Waals surface area contributed by atoms with Crippen LogP contribution in [-0.2, 0) is 0 Å². The topological polar surface area (TPSA) is 92.1 Å². The van der Waals surface area contributed by atoms with E-state index >= 15 is 0 Å². The first-order valence-corrected chi connectivity index (χ1v) is 9.53. The molecule has 2 saturated carbocycles. The summed E-state index contributed by atoms with van der Waals surface area (Å²) in [4.78, 5) is 26.0. The second-order valence-electron chi connectivity index (χ2n) is 7.59. The number of H-pyrrole nitrogens is 1. The van der Waals surface area contributed by atoms with E-state index in [0.717, 1.165) is 31.6 Å². The van der Waals surface area contributed by atoms with Crippen LogP contribution in [-0.4, -0.2) is 38.0 Å². The van der Waals surface area contributed by atoms with Gasteiger partial charge in [-0.25, -0.2) is 0 Å². The highest BCUT2D eigenvalue weighted by molar-refractivity contribution is 6.05. The Kier molecular flexibility index (Phi) is 4.38. The van der Waals surface area contributed by atoms with Crippen molar-refractivity contribution in [3.05, 3.63) is 34.0 Å². The zero-order valence-corrected chi connectivity index (χ0v) is 15.0. The predicted molar refractivity (Wildman–Crippen MR) is 98.0 cm³/mol. The summed E-state index contributed by atoms with van der Waals surface area (Å²) in [5.74, 6) is 0.690. The van der Waals surface area contributed by atoms with Crippen LogP contribution in [0.5, 0.6) is 0 Å². The Hall–Kier alpha value is -2.44. The van der Waals surface area contributed by atoms with Crippen molar-refractivity contribution in [2.45, 2.75) is 64.0 Å². The number of nitrogens with zero attached hydrogens (tertiary/aromatic N) is 3. The van der Waals surface area contributed by atoms with E-state index in [1.807, 2.05) is 4.90 Å². The van der Waals surface area contributed by atoms with Crippen LogP contribution in [0.15, 0.2) is 18.2 Å². The van der Waals surface area contributed by atoms with Crippen molar-refractivity contribution in [3.8, 4) is 0 Å². The predicted octanol–water partition coefficient (Wildman–Crippen LogP) is 4.04. The first kappa shape index (κ1) is 17.0. The Balaban J connectivity index is 1.63. The molecule has 2 aliphatic rings. The van der Waals surface area contributed by atoms with Gasteiger partial charge in [-0.05, 0) is 50.5 Å². The van der Waals surface area contributed by atoms with Crippen LogP contribution in [0.1, 0.15) is 62.4 Å². The van der Waals surface area contributed by atoms with E-state index in [1.165, 1.54) is 31.4 Å². The molecule has 26 heavy (non-hydrogen) atoms. The number of fused-ring (bicyclic) bond motifs is 1. The number of amides is 1. The van der Waals surface area contributed by atoms with Gasteiger partial charge in [0.1, 0.15) is 0 Å². The van der Waals surface area contributed by atoms with Crippen molar-refractivity contribution >= 4 is 22.5 Å². The van der Waals surface area contributed by atoms with Gasteiger partial charge in [0, 0.05) is 29.6 Å². The van der Waals surface area contributed by atoms with Gasteiger partial charge < -0.3 is 4.90 Å². The van der Waals surface area contributed by atoms with Crippen LogP contribution in [0.4, 0.5) is 5.69 Å². The van der Waals surface area contributed by atoms with E-state index in [2.05, 4.69) is 17.1 Å².